The Kier molecular flexibility index (Phi) is 5.95. The smallest absolute Gasteiger partial charge is 0.269 e. The minimum absolute atomic E-state index is 0.00456. The highest BCUT2D eigenvalue weighted by molar-refractivity contribution is 7.12. The normalized spacial score (nSPS) is 10.4. The van der Waals surface area contributed by atoms with Crippen molar-refractivity contribution in [3.8, 4) is 5.75 Å². The molecule has 0 saturated carbocycles. The van der Waals surface area contributed by atoms with Gasteiger partial charge in [0.25, 0.3) is 11.6 Å². The van der Waals surface area contributed by atoms with Crippen LogP contribution in [0.5, 0.6) is 5.75 Å². The number of hydrogen-bond donors (Lipinski definition) is 1. The van der Waals surface area contributed by atoms with Gasteiger partial charge in [-0.05, 0) is 35.7 Å². The number of nitrogens with zero attached hydrogens (tertiary/aromatic N) is 1. The number of non-ortho nitro benzene ring substituents is 1. The molecule has 0 saturated heterocycles. The lowest BCUT2D eigenvalue weighted by molar-refractivity contribution is -0.384. The minimum Gasteiger partial charge on any atom is -0.489 e. The summed E-state index contributed by atoms with van der Waals surface area (Å²) in [5.74, 6) is 0.178. The van der Waals surface area contributed by atoms with Crippen LogP contribution in [-0.2, 0) is 6.61 Å². The molecular weight excluding hydrogens is 411 g/mol. The Labute approximate surface area is 168 Å². The largest absolute Gasteiger partial charge is 0.489 e. The number of para-hydroxylation sites is 1. The Morgan fingerprint density at radius 2 is 1.81 bits per heavy atom. The van der Waals surface area contributed by atoms with Gasteiger partial charge in [0.2, 0.25) is 0 Å². The van der Waals surface area contributed by atoms with Crippen LogP contribution in [0.15, 0.2) is 53.9 Å². The van der Waals surface area contributed by atoms with Crippen LogP contribution in [0.3, 0.4) is 0 Å². The van der Waals surface area contributed by atoms with Crippen molar-refractivity contribution >= 4 is 51.8 Å². The molecule has 2 aromatic carbocycles. The van der Waals surface area contributed by atoms with Crippen molar-refractivity contribution in [1.29, 1.82) is 0 Å². The zero-order chi connectivity index (χ0) is 19.4. The van der Waals surface area contributed by atoms with Crippen molar-refractivity contribution in [1.82, 2.24) is 0 Å². The average Bonchev–Trinajstić information content (AvgIpc) is 3.12. The summed E-state index contributed by atoms with van der Waals surface area (Å²) in [4.78, 5) is 23.0. The molecule has 1 heterocycles. The van der Waals surface area contributed by atoms with E-state index in [9.17, 15) is 14.9 Å². The zero-order valence-electron chi connectivity index (χ0n) is 13.6. The summed E-state index contributed by atoms with van der Waals surface area (Å²) in [6.45, 7) is 0.231. The van der Waals surface area contributed by atoms with Gasteiger partial charge in [0.05, 0.1) is 25.5 Å². The van der Waals surface area contributed by atoms with Crippen molar-refractivity contribution in [2.75, 3.05) is 5.32 Å². The van der Waals surface area contributed by atoms with Crippen LogP contribution in [0.1, 0.15) is 15.2 Å². The van der Waals surface area contributed by atoms with Crippen molar-refractivity contribution in [3.05, 3.63) is 84.5 Å². The topological polar surface area (TPSA) is 81.5 Å². The highest BCUT2D eigenvalue weighted by Crippen LogP contribution is 2.30. The van der Waals surface area contributed by atoms with Crippen molar-refractivity contribution < 1.29 is 14.5 Å². The summed E-state index contributed by atoms with van der Waals surface area (Å²) in [5.41, 5.74) is 1.16. The van der Waals surface area contributed by atoms with Crippen LogP contribution in [0.4, 0.5) is 11.4 Å². The zero-order valence-corrected chi connectivity index (χ0v) is 16.0. The molecule has 0 fully saturated rings. The molecule has 1 amide bonds. The van der Waals surface area contributed by atoms with Gasteiger partial charge in [-0.25, -0.2) is 0 Å². The van der Waals surface area contributed by atoms with E-state index in [1.807, 2.05) is 0 Å². The number of hydrogen-bond acceptors (Lipinski definition) is 5. The van der Waals surface area contributed by atoms with Gasteiger partial charge < -0.3 is 10.1 Å². The second kappa shape index (κ2) is 8.39. The number of carbonyl (C=O) groups is 1. The molecule has 3 rings (SSSR count). The summed E-state index contributed by atoms with van der Waals surface area (Å²) in [6, 6.07) is 12.5. The first-order valence-electron chi connectivity index (χ1n) is 7.64. The fraction of sp³-hybridized carbons (Fsp3) is 0.0556. The summed E-state index contributed by atoms with van der Waals surface area (Å²) < 4.78 is 5.59. The van der Waals surface area contributed by atoms with E-state index >= 15 is 0 Å². The number of benzene rings is 2. The van der Waals surface area contributed by atoms with E-state index in [1.165, 1.54) is 35.6 Å². The lowest BCUT2D eigenvalue weighted by Crippen LogP contribution is -2.11. The molecule has 0 bridgehead atoms. The number of nitro benzene ring substituents is 1. The quantitative estimate of drug-likeness (QED) is 0.402. The molecule has 27 heavy (non-hydrogen) atoms. The minimum atomic E-state index is -0.473. The van der Waals surface area contributed by atoms with Crippen LogP contribution in [-0.4, -0.2) is 10.8 Å². The van der Waals surface area contributed by atoms with Crippen LogP contribution in [0.2, 0.25) is 10.0 Å². The Balaban J connectivity index is 1.62. The Bertz CT molecular complexity index is 969. The first-order valence-corrected chi connectivity index (χ1v) is 9.27. The number of ether oxygens (including phenoxy) is 1. The first-order chi connectivity index (χ1) is 12.9. The van der Waals surface area contributed by atoms with Crippen molar-refractivity contribution in [2.45, 2.75) is 6.61 Å². The maximum atomic E-state index is 12.4. The first kappa shape index (κ1) is 19.2. The molecule has 0 aliphatic rings. The third kappa shape index (κ3) is 4.77. The van der Waals surface area contributed by atoms with Crippen LogP contribution < -0.4 is 10.1 Å². The Morgan fingerprint density at radius 1 is 1.15 bits per heavy atom. The van der Waals surface area contributed by atoms with E-state index in [1.54, 1.807) is 29.6 Å². The Morgan fingerprint density at radius 3 is 2.44 bits per heavy atom. The highest BCUT2D eigenvalue weighted by atomic mass is 35.5. The standard InChI is InChI=1S/C18H12Cl2N2O4S/c19-14-2-1-3-15(20)17(14)21-18(23)16-8-11(10-27-16)9-26-13-6-4-12(5-7-13)22(24)25/h1-8,10H,9H2,(H,21,23). The number of nitrogens with one attached hydrogen (secondary N) is 1. The Hall–Kier alpha value is -2.61. The second-order valence-corrected chi connectivity index (χ2v) is 7.14. The van der Waals surface area contributed by atoms with Gasteiger partial charge in [0.1, 0.15) is 12.4 Å². The number of anilines is 1. The van der Waals surface area contributed by atoms with Gasteiger partial charge in [0, 0.05) is 17.7 Å². The molecule has 0 unspecified atom stereocenters. The number of thiophene rings is 1. The summed E-state index contributed by atoms with van der Waals surface area (Å²) in [6.07, 6.45) is 0. The van der Waals surface area contributed by atoms with Gasteiger partial charge >= 0.3 is 0 Å². The van der Waals surface area contributed by atoms with E-state index in [2.05, 4.69) is 5.32 Å². The maximum Gasteiger partial charge on any atom is 0.269 e. The molecule has 1 aromatic heterocycles. The van der Waals surface area contributed by atoms with Gasteiger partial charge in [-0.3, -0.25) is 14.9 Å². The predicted octanol–water partition coefficient (Wildman–Crippen LogP) is 5.79. The fourth-order valence-electron chi connectivity index (χ4n) is 2.19. The molecule has 3 aromatic rings. The van der Waals surface area contributed by atoms with Crippen molar-refractivity contribution in [2.24, 2.45) is 0 Å². The van der Waals surface area contributed by atoms with E-state index in [-0.39, 0.29) is 18.2 Å². The third-order valence-corrected chi connectivity index (χ3v) is 5.14. The third-order valence-electron chi connectivity index (χ3n) is 3.53. The van der Waals surface area contributed by atoms with E-state index in [0.717, 1.165) is 5.56 Å². The van der Waals surface area contributed by atoms with Crippen LogP contribution >= 0.6 is 34.5 Å². The van der Waals surface area contributed by atoms with Crippen LogP contribution in [0.25, 0.3) is 0 Å². The van der Waals surface area contributed by atoms with Gasteiger partial charge in [-0.1, -0.05) is 29.3 Å². The number of halogens is 2. The number of nitro groups is 1. The molecule has 0 radical (unpaired) electrons. The lowest BCUT2D eigenvalue weighted by Gasteiger charge is -2.07. The molecule has 1 N–H and O–H groups in total. The molecular formula is C18H12Cl2N2O4S. The van der Waals surface area contributed by atoms with Gasteiger partial charge in [-0.2, -0.15) is 0 Å². The molecule has 0 aliphatic carbocycles. The van der Waals surface area contributed by atoms with E-state index < -0.39 is 4.92 Å². The summed E-state index contributed by atoms with van der Waals surface area (Å²) >= 11 is 13.4. The highest BCUT2D eigenvalue weighted by Gasteiger charge is 2.14. The lowest BCUT2D eigenvalue weighted by atomic mass is 10.3. The monoisotopic (exact) mass is 422 g/mol. The second-order valence-electron chi connectivity index (χ2n) is 5.41. The van der Waals surface area contributed by atoms with E-state index in [0.29, 0.717) is 26.4 Å². The number of amides is 1. The van der Waals surface area contributed by atoms with Crippen molar-refractivity contribution in [3.63, 3.8) is 0 Å². The molecule has 0 aliphatic heterocycles. The molecule has 0 atom stereocenters. The number of rotatable bonds is 6. The molecule has 6 nitrogen and oxygen atoms in total. The molecule has 138 valence electrons. The summed E-state index contributed by atoms with van der Waals surface area (Å²) in [7, 11) is 0. The predicted molar refractivity (Wildman–Crippen MR) is 106 cm³/mol. The van der Waals surface area contributed by atoms with Gasteiger partial charge in [-0.15, -0.1) is 11.3 Å². The van der Waals surface area contributed by atoms with Gasteiger partial charge in [0.15, 0.2) is 0 Å². The van der Waals surface area contributed by atoms with Crippen LogP contribution in [0, 0.1) is 10.1 Å². The number of carbonyl (C=O) groups excluding carboxylic acids is 1. The molecule has 9 heteroatoms. The SMILES string of the molecule is O=C(Nc1c(Cl)cccc1Cl)c1cc(COc2ccc([N+](=O)[O-])cc2)cs1. The summed E-state index contributed by atoms with van der Waals surface area (Å²) in [5, 5.41) is 15.9. The van der Waals surface area contributed by atoms with E-state index in [4.69, 9.17) is 27.9 Å². The fourth-order valence-corrected chi connectivity index (χ4v) is 3.48. The average molecular weight is 423 g/mol. The maximum absolute atomic E-state index is 12.4. The molecule has 0 spiro atoms.